The first-order valence-electron chi connectivity index (χ1n) is 13.0. The van der Waals surface area contributed by atoms with Gasteiger partial charge in [0.05, 0.1) is 7.11 Å². The highest BCUT2D eigenvalue weighted by Crippen LogP contribution is 2.41. The molecule has 2 aromatic rings. The molecule has 0 amide bonds. The number of methoxy groups -OCH3 is 1. The Labute approximate surface area is 238 Å². The summed E-state index contributed by atoms with van der Waals surface area (Å²) in [7, 11) is 1.73. The zero-order chi connectivity index (χ0) is 31.6. The number of ether oxygens (including phenoxy) is 1. The molecular weight excluding hydrogens is 577 g/mol. The molecule has 0 bridgehead atoms. The summed E-state index contributed by atoms with van der Waals surface area (Å²) in [6.07, 6.45) is -4.97. The average Bonchev–Trinajstić information content (AvgIpc) is 2.92. The minimum atomic E-state index is -5.08. The van der Waals surface area contributed by atoms with Gasteiger partial charge in [-0.25, -0.2) is 14.0 Å². The molecule has 2 N–H and O–H groups in total. The van der Waals surface area contributed by atoms with Crippen molar-refractivity contribution in [1.29, 1.82) is 0 Å². The van der Waals surface area contributed by atoms with Gasteiger partial charge >= 0.3 is 24.3 Å². The summed E-state index contributed by atoms with van der Waals surface area (Å²) in [6.45, 7) is 6.66. The van der Waals surface area contributed by atoms with Crippen LogP contribution >= 0.6 is 0 Å². The van der Waals surface area contributed by atoms with Gasteiger partial charge in [-0.1, -0.05) is 24.3 Å². The molecule has 2 heterocycles. The van der Waals surface area contributed by atoms with Crippen LogP contribution in [0.15, 0.2) is 48.5 Å². The van der Waals surface area contributed by atoms with Crippen LogP contribution in [0.5, 0.6) is 5.75 Å². The van der Waals surface area contributed by atoms with Crippen LogP contribution in [0.3, 0.4) is 0 Å². The molecule has 2 aliphatic rings. The lowest BCUT2D eigenvalue weighted by Gasteiger charge is -2.47. The minimum Gasteiger partial charge on any atom is -0.497 e. The van der Waals surface area contributed by atoms with Gasteiger partial charge in [0.25, 0.3) is 0 Å². The summed E-state index contributed by atoms with van der Waals surface area (Å²) in [4.78, 5) is 22.9. The summed E-state index contributed by atoms with van der Waals surface area (Å²) in [5, 5.41) is 14.2. The third-order valence-corrected chi connectivity index (χ3v) is 7.18. The summed E-state index contributed by atoms with van der Waals surface area (Å²) in [5.41, 5.74) is 3.08. The fourth-order valence-corrected chi connectivity index (χ4v) is 4.75. The number of rotatable bonds is 5. The molecule has 2 fully saturated rings. The molecule has 0 unspecified atom stereocenters. The van der Waals surface area contributed by atoms with Crippen LogP contribution in [0.1, 0.15) is 36.8 Å². The fraction of sp³-hybridized carbons (Fsp3) is 0.500. The maximum absolute atomic E-state index is 13.1. The van der Waals surface area contributed by atoms with E-state index in [4.69, 9.17) is 24.5 Å². The number of piperidine rings is 2. The largest absolute Gasteiger partial charge is 0.497 e. The van der Waals surface area contributed by atoms with Crippen molar-refractivity contribution < 1.29 is 55.3 Å². The molecule has 2 aromatic carbocycles. The number of benzene rings is 2. The van der Waals surface area contributed by atoms with Gasteiger partial charge in [-0.05, 0) is 92.7 Å². The van der Waals surface area contributed by atoms with E-state index in [1.165, 1.54) is 49.9 Å². The normalized spacial score (nSPS) is 17.3. The Morgan fingerprint density at radius 2 is 1.17 bits per heavy atom. The van der Waals surface area contributed by atoms with E-state index in [2.05, 4.69) is 28.0 Å². The van der Waals surface area contributed by atoms with Crippen LogP contribution < -0.4 is 4.74 Å². The Hall–Kier alpha value is -3.39. The first kappa shape index (κ1) is 34.8. The summed E-state index contributed by atoms with van der Waals surface area (Å²) >= 11 is 0. The Bertz CT molecular complexity index is 1110. The quantitative estimate of drug-likeness (QED) is 0.403. The summed E-state index contributed by atoms with van der Waals surface area (Å²) in [5.74, 6) is -4.72. The maximum atomic E-state index is 13.1. The molecule has 7 nitrogen and oxygen atoms in total. The van der Waals surface area contributed by atoms with Crippen molar-refractivity contribution in [3.05, 3.63) is 65.5 Å². The number of alkyl halides is 6. The van der Waals surface area contributed by atoms with Crippen molar-refractivity contribution >= 4 is 11.9 Å². The van der Waals surface area contributed by atoms with E-state index in [0.29, 0.717) is 5.41 Å². The number of likely N-dealkylation sites (tertiary alicyclic amines) is 2. The Morgan fingerprint density at radius 1 is 0.762 bits per heavy atom. The Morgan fingerprint density at radius 3 is 1.55 bits per heavy atom. The first-order chi connectivity index (χ1) is 19.5. The highest BCUT2D eigenvalue weighted by molar-refractivity contribution is 5.73. The zero-order valence-electron chi connectivity index (χ0n) is 22.8. The number of carboxylic acid groups (broad SMARTS) is 2. The van der Waals surface area contributed by atoms with E-state index in [1.807, 2.05) is 18.2 Å². The van der Waals surface area contributed by atoms with Crippen molar-refractivity contribution in [3.8, 4) is 5.75 Å². The van der Waals surface area contributed by atoms with Gasteiger partial charge in [-0.2, -0.15) is 26.3 Å². The van der Waals surface area contributed by atoms with Crippen LogP contribution in [0.25, 0.3) is 0 Å². The topological polar surface area (TPSA) is 90.3 Å². The summed E-state index contributed by atoms with van der Waals surface area (Å²) < 4.78 is 81.9. The number of halogens is 7. The van der Waals surface area contributed by atoms with Gasteiger partial charge in [0, 0.05) is 13.1 Å². The molecule has 2 aliphatic heterocycles. The predicted molar refractivity (Wildman–Crippen MR) is 138 cm³/mol. The van der Waals surface area contributed by atoms with Crippen molar-refractivity contribution in [2.24, 2.45) is 5.41 Å². The van der Waals surface area contributed by atoms with Crippen LogP contribution in [0, 0.1) is 11.2 Å². The second kappa shape index (κ2) is 15.2. The van der Waals surface area contributed by atoms with E-state index < -0.39 is 24.3 Å². The van der Waals surface area contributed by atoms with Crippen LogP contribution in [0.2, 0.25) is 0 Å². The molecule has 42 heavy (non-hydrogen) atoms. The van der Waals surface area contributed by atoms with Crippen molar-refractivity contribution in [3.63, 3.8) is 0 Å². The second-order valence-corrected chi connectivity index (χ2v) is 10.1. The van der Waals surface area contributed by atoms with Gasteiger partial charge in [-0.3, -0.25) is 9.80 Å². The van der Waals surface area contributed by atoms with E-state index >= 15 is 0 Å². The Kier molecular flexibility index (Phi) is 12.6. The lowest BCUT2D eigenvalue weighted by Crippen LogP contribution is -2.46. The first-order valence-corrected chi connectivity index (χ1v) is 13.0. The van der Waals surface area contributed by atoms with E-state index in [9.17, 15) is 30.7 Å². The molecule has 0 atom stereocenters. The number of nitrogens with zero attached hydrogens (tertiary/aromatic N) is 2. The molecule has 14 heteroatoms. The van der Waals surface area contributed by atoms with Crippen LogP contribution in [-0.4, -0.2) is 77.6 Å². The van der Waals surface area contributed by atoms with E-state index in [0.717, 1.165) is 31.9 Å². The SMILES string of the molecule is COc1cccc(CN2CCC3(CCN(Cc4ccc(F)cc4)CC3)CC2)c1.O=C(O)C(F)(F)F.O=C(O)C(F)(F)F. The molecule has 0 radical (unpaired) electrons. The van der Waals surface area contributed by atoms with Gasteiger partial charge in [-0.15, -0.1) is 0 Å². The number of hydrogen-bond acceptors (Lipinski definition) is 5. The minimum absolute atomic E-state index is 0.151. The van der Waals surface area contributed by atoms with Crippen molar-refractivity contribution in [2.75, 3.05) is 33.3 Å². The highest BCUT2D eigenvalue weighted by atomic mass is 19.4. The fourth-order valence-electron chi connectivity index (χ4n) is 4.75. The van der Waals surface area contributed by atoms with Gasteiger partial charge in [0.1, 0.15) is 11.6 Å². The molecule has 0 saturated carbocycles. The molecule has 2 saturated heterocycles. The number of aliphatic carboxylic acids is 2. The maximum Gasteiger partial charge on any atom is 0.490 e. The monoisotopic (exact) mass is 610 g/mol. The lowest BCUT2D eigenvalue weighted by molar-refractivity contribution is -0.193. The smallest absolute Gasteiger partial charge is 0.490 e. The van der Waals surface area contributed by atoms with Crippen molar-refractivity contribution in [1.82, 2.24) is 9.80 Å². The molecular formula is C28H33F7N2O5. The molecule has 234 valence electrons. The van der Waals surface area contributed by atoms with Crippen LogP contribution in [-0.2, 0) is 22.7 Å². The average molecular weight is 611 g/mol. The van der Waals surface area contributed by atoms with Gasteiger partial charge < -0.3 is 14.9 Å². The third-order valence-electron chi connectivity index (χ3n) is 7.18. The Balaban J connectivity index is 0.000000367. The number of carboxylic acids is 2. The number of carbonyl (C=O) groups is 2. The van der Waals surface area contributed by atoms with E-state index in [1.54, 1.807) is 19.2 Å². The number of hydrogen-bond donors (Lipinski definition) is 2. The van der Waals surface area contributed by atoms with E-state index in [-0.39, 0.29) is 5.82 Å². The molecule has 4 rings (SSSR count). The third kappa shape index (κ3) is 11.8. The standard InChI is InChI=1S/C24H31FN2O.2C2HF3O2/c1-28-23-4-2-3-21(17-23)19-27-15-11-24(12-16-27)9-13-26(14-10-24)18-20-5-7-22(25)8-6-20;2*3-2(4,5)1(6)7/h2-8,17H,9-16,18-19H2,1H3;2*(H,6,7). The zero-order valence-corrected chi connectivity index (χ0v) is 22.8. The highest BCUT2D eigenvalue weighted by Gasteiger charge is 2.39. The van der Waals surface area contributed by atoms with Gasteiger partial charge in [0.2, 0.25) is 0 Å². The van der Waals surface area contributed by atoms with Gasteiger partial charge in [0.15, 0.2) is 0 Å². The summed E-state index contributed by atoms with van der Waals surface area (Å²) in [6, 6.07) is 15.4. The second-order valence-electron chi connectivity index (χ2n) is 10.1. The molecule has 0 aromatic heterocycles. The molecule has 1 spiro atoms. The molecule has 0 aliphatic carbocycles. The van der Waals surface area contributed by atoms with Crippen molar-refractivity contribution in [2.45, 2.75) is 51.1 Å². The lowest BCUT2D eigenvalue weighted by atomic mass is 9.71. The predicted octanol–water partition coefficient (Wildman–Crippen LogP) is 5.98. The van der Waals surface area contributed by atoms with Crippen LogP contribution in [0.4, 0.5) is 30.7 Å².